The van der Waals surface area contributed by atoms with Gasteiger partial charge in [-0.25, -0.2) is 15.0 Å². The number of benzene rings is 7. The van der Waals surface area contributed by atoms with E-state index >= 15 is 0 Å². The van der Waals surface area contributed by atoms with Crippen LogP contribution in [0.5, 0.6) is 11.5 Å². The zero-order valence-electron chi connectivity index (χ0n) is 35.7. The maximum absolute atomic E-state index is 7.09. The van der Waals surface area contributed by atoms with E-state index in [4.69, 9.17) is 19.7 Å². The minimum atomic E-state index is -0.521. The van der Waals surface area contributed by atoms with Gasteiger partial charge in [0, 0.05) is 38.6 Å². The van der Waals surface area contributed by atoms with Crippen LogP contribution in [0.3, 0.4) is 0 Å². The quantitative estimate of drug-likeness (QED) is 0.178. The van der Waals surface area contributed by atoms with Crippen LogP contribution in [0.25, 0.3) is 56.2 Å². The Balaban J connectivity index is 0.941. The van der Waals surface area contributed by atoms with Gasteiger partial charge in [0.2, 0.25) is 0 Å². The molecule has 4 bridgehead atoms. The Morgan fingerprint density at radius 3 is 1.62 bits per heavy atom. The Kier molecular flexibility index (Phi) is 7.25. The van der Waals surface area contributed by atoms with Crippen LogP contribution >= 0.6 is 0 Å². The van der Waals surface area contributed by atoms with E-state index in [1.54, 1.807) is 0 Å². The van der Waals surface area contributed by atoms with Gasteiger partial charge in [-0.15, -0.1) is 0 Å². The van der Waals surface area contributed by atoms with Crippen LogP contribution in [0.4, 0.5) is 0 Å². The van der Waals surface area contributed by atoms with E-state index in [1.165, 1.54) is 88.6 Å². The van der Waals surface area contributed by atoms with Crippen molar-refractivity contribution in [1.82, 2.24) is 15.0 Å². The number of fused-ring (bicyclic) bond motifs is 12. The zero-order valence-corrected chi connectivity index (χ0v) is 35.7. The summed E-state index contributed by atoms with van der Waals surface area (Å²) in [6.07, 6.45) is 7.70. The minimum Gasteiger partial charge on any atom is -0.456 e. The topological polar surface area (TPSA) is 47.9 Å². The number of para-hydroxylation sites is 2. The summed E-state index contributed by atoms with van der Waals surface area (Å²) in [6, 6.07) is 57.8. The van der Waals surface area contributed by atoms with Crippen LogP contribution in [-0.4, -0.2) is 15.0 Å². The van der Waals surface area contributed by atoms with Crippen LogP contribution in [-0.2, 0) is 16.2 Å². The fourth-order valence-corrected chi connectivity index (χ4v) is 14.0. The van der Waals surface area contributed by atoms with Crippen molar-refractivity contribution in [2.45, 2.75) is 68.6 Å². The summed E-state index contributed by atoms with van der Waals surface area (Å²) in [5.41, 5.74) is 16.4. The molecule has 0 atom stereocenters. The summed E-state index contributed by atoms with van der Waals surface area (Å²) in [4.78, 5) is 16.5. The van der Waals surface area contributed by atoms with Crippen molar-refractivity contribution in [1.29, 1.82) is 0 Å². The SMILES string of the molecule is CC1(C)c2ccccc2-c2ccc(-c3nc(-c4cccc(-c5cccc6c5Oc5ccccc5C65c6ccccc6-c6ccccc65)c4)nc(C45CC6CC(CC(C6)C4)C5)n3)cc21. The van der Waals surface area contributed by atoms with Gasteiger partial charge in [0.05, 0.1) is 5.41 Å². The van der Waals surface area contributed by atoms with Crippen LogP contribution in [0, 0.1) is 17.8 Å². The van der Waals surface area contributed by atoms with Crippen LogP contribution in [0.15, 0.2) is 158 Å². The van der Waals surface area contributed by atoms with Gasteiger partial charge in [-0.1, -0.05) is 153 Å². The van der Waals surface area contributed by atoms with Crippen molar-refractivity contribution in [2.24, 2.45) is 17.8 Å². The first-order chi connectivity index (χ1) is 30.9. The predicted octanol–water partition coefficient (Wildman–Crippen LogP) is 14.1. The average Bonchev–Trinajstić information content (AvgIpc) is 3.74. The fraction of sp³-hybridized carbons (Fsp3) is 0.237. The maximum Gasteiger partial charge on any atom is 0.163 e. The first-order valence-electron chi connectivity index (χ1n) is 23.1. The molecule has 4 saturated carbocycles. The van der Waals surface area contributed by atoms with Gasteiger partial charge in [-0.05, 0) is 125 Å². The van der Waals surface area contributed by atoms with E-state index < -0.39 is 5.41 Å². The molecule has 1 aromatic heterocycles. The molecule has 7 aliphatic rings. The van der Waals surface area contributed by atoms with E-state index in [1.807, 2.05) is 0 Å². The molecule has 1 aliphatic heterocycles. The fourth-order valence-electron chi connectivity index (χ4n) is 14.0. The number of nitrogens with zero attached hydrogens (tertiary/aromatic N) is 3. The van der Waals surface area contributed by atoms with E-state index in [2.05, 4.69) is 172 Å². The summed E-state index contributed by atoms with van der Waals surface area (Å²) in [7, 11) is 0. The molecule has 0 radical (unpaired) electrons. The highest BCUT2D eigenvalue weighted by Gasteiger charge is 2.54. The molecular formula is C59H47N3O. The second-order valence-electron chi connectivity index (χ2n) is 20.1. The molecular weight excluding hydrogens is 767 g/mol. The summed E-state index contributed by atoms with van der Waals surface area (Å²) in [6.45, 7) is 4.70. The van der Waals surface area contributed by atoms with Gasteiger partial charge in [-0.3, -0.25) is 0 Å². The molecule has 4 heteroatoms. The molecule has 15 rings (SSSR count). The molecule has 0 N–H and O–H groups in total. The van der Waals surface area contributed by atoms with Crippen LogP contribution in [0.1, 0.15) is 91.6 Å². The van der Waals surface area contributed by atoms with E-state index in [0.29, 0.717) is 0 Å². The molecule has 304 valence electrons. The third-order valence-corrected chi connectivity index (χ3v) is 16.3. The van der Waals surface area contributed by atoms with Gasteiger partial charge in [-0.2, -0.15) is 0 Å². The van der Waals surface area contributed by atoms with Gasteiger partial charge in [0.1, 0.15) is 17.3 Å². The molecule has 2 heterocycles. The smallest absolute Gasteiger partial charge is 0.163 e. The number of ether oxygens (including phenoxy) is 1. The van der Waals surface area contributed by atoms with Gasteiger partial charge >= 0.3 is 0 Å². The highest BCUT2D eigenvalue weighted by molar-refractivity contribution is 5.91. The monoisotopic (exact) mass is 813 g/mol. The molecule has 0 amide bonds. The van der Waals surface area contributed by atoms with Crippen molar-refractivity contribution in [2.75, 3.05) is 0 Å². The Morgan fingerprint density at radius 2 is 0.937 bits per heavy atom. The summed E-state index contributed by atoms with van der Waals surface area (Å²) >= 11 is 0. The largest absolute Gasteiger partial charge is 0.456 e. The lowest BCUT2D eigenvalue weighted by Gasteiger charge is -2.56. The Labute approximate surface area is 369 Å². The Hall–Kier alpha value is -6.65. The Morgan fingerprint density at radius 1 is 0.429 bits per heavy atom. The van der Waals surface area contributed by atoms with Crippen molar-refractivity contribution in [3.63, 3.8) is 0 Å². The third-order valence-electron chi connectivity index (χ3n) is 16.3. The lowest BCUT2D eigenvalue weighted by atomic mass is 9.49. The summed E-state index contributed by atoms with van der Waals surface area (Å²) in [5.74, 6) is 6.66. The first kappa shape index (κ1) is 35.9. The van der Waals surface area contributed by atoms with Gasteiger partial charge < -0.3 is 4.74 Å². The average molecular weight is 814 g/mol. The molecule has 6 aliphatic carbocycles. The second kappa shape index (κ2) is 12.7. The Bertz CT molecular complexity index is 3170. The van der Waals surface area contributed by atoms with E-state index in [9.17, 15) is 0 Å². The highest BCUT2D eigenvalue weighted by Crippen LogP contribution is 2.64. The maximum atomic E-state index is 7.09. The molecule has 4 fully saturated rings. The number of rotatable bonds is 4. The second-order valence-corrected chi connectivity index (χ2v) is 20.1. The first-order valence-corrected chi connectivity index (χ1v) is 23.1. The summed E-state index contributed by atoms with van der Waals surface area (Å²) < 4.78 is 7.09. The van der Waals surface area contributed by atoms with Crippen molar-refractivity contribution < 1.29 is 4.74 Å². The number of hydrogen-bond acceptors (Lipinski definition) is 4. The van der Waals surface area contributed by atoms with Crippen molar-refractivity contribution in [3.8, 4) is 67.7 Å². The van der Waals surface area contributed by atoms with Crippen molar-refractivity contribution in [3.05, 3.63) is 197 Å². The number of hydrogen-bond donors (Lipinski definition) is 0. The normalized spacial score (nSPS) is 23.0. The van der Waals surface area contributed by atoms with Crippen molar-refractivity contribution >= 4 is 0 Å². The standard InChI is InChI=1S/C59H47N3O/c1-57(2)46-19-6-3-15-42(46)45-26-25-40(31-51(45)57)55-60-54(61-56(62-55)58-32-35-27-36(33-58)29-37(28-35)34-58)39-14-11-13-38(30-39)41-18-12-23-50-53(41)63-52-24-10-9-22-49(52)59(50)47-20-7-4-16-43(47)44-17-5-8-21-48(44)59/h3-26,30-31,35-37H,27-29,32-34H2,1-2H3. The lowest BCUT2D eigenvalue weighted by molar-refractivity contribution is -0.00938. The molecule has 0 saturated heterocycles. The molecule has 63 heavy (non-hydrogen) atoms. The lowest BCUT2D eigenvalue weighted by Crippen LogP contribution is -2.49. The van der Waals surface area contributed by atoms with Gasteiger partial charge in [0.25, 0.3) is 0 Å². The molecule has 1 spiro atoms. The van der Waals surface area contributed by atoms with E-state index in [0.717, 1.165) is 74.5 Å². The highest BCUT2D eigenvalue weighted by atomic mass is 16.5. The molecule has 4 nitrogen and oxygen atoms in total. The number of aromatic nitrogens is 3. The third kappa shape index (κ3) is 4.90. The molecule has 7 aromatic carbocycles. The molecule has 0 unspecified atom stereocenters. The van der Waals surface area contributed by atoms with Gasteiger partial charge in [0.15, 0.2) is 11.6 Å². The summed E-state index contributed by atoms with van der Waals surface area (Å²) in [5, 5.41) is 0. The zero-order chi connectivity index (χ0) is 41.7. The minimum absolute atomic E-state index is 0.00690. The van der Waals surface area contributed by atoms with E-state index in [-0.39, 0.29) is 10.8 Å². The predicted molar refractivity (Wildman–Crippen MR) is 251 cm³/mol. The molecule has 8 aromatic rings. The van der Waals surface area contributed by atoms with Crippen LogP contribution < -0.4 is 4.74 Å². The van der Waals surface area contributed by atoms with Crippen LogP contribution in [0.2, 0.25) is 0 Å².